The molecule has 1 atom stereocenters. The number of ether oxygens (including phenoxy) is 1. The van der Waals surface area contributed by atoms with E-state index in [-0.39, 0.29) is 23.7 Å². The number of nitrogens with zero attached hydrogens (tertiary/aromatic N) is 2. The maximum absolute atomic E-state index is 14.8. The van der Waals surface area contributed by atoms with Gasteiger partial charge in [0.25, 0.3) is 10.1 Å². The van der Waals surface area contributed by atoms with E-state index in [0.29, 0.717) is 16.9 Å². The predicted molar refractivity (Wildman–Crippen MR) is 118 cm³/mol. The van der Waals surface area contributed by atoms with Crippen LogP contribution >= 0.6 is 11.8 Å². The summed E-state index contributed by atoms with van der Waals surface area (Å²) < 4.78 is 52.3. The molecule has 10 heteroatoms. The third-order valence-corrected chi connectivity index (χ3v) is 7.33. The number of hydrogen-bond acceptors (Lipinski definition) is 6. The molecule has 2 heterocycles. The van der Waals surface area contributed by atoms with Gasteiger partial charge in [-0.3, -0.25) is 9.45 Å². The molecular formula is C21H23FN2O5S2. The van der Waals surface area contributed by atoms with E-state index in [1.807, 2.05) is 23.6 Å². The molecule has 0 unspecified atom stereocenters. The molecule has 2 fully saturated rings. The average molecular weight is 467 g/mol. The van der Waals surface area contributed by atoms with Gasteiger partial charge >= 0.3 is 6.09 Å². The second-order valence-electron chi connectivity index (χ2n) is 7.62. The minimum absolute atomic E-state index is 0.206. The van der Waals surface area contributed by atoms with Gasteiger partial charge in [-0.05, 0) is 48.4 Å². The maximum atomic E-state index is 14.8. The molecule has 2 aromatic rings. The zero-order valence-corrected chi connectivity index (χ0v) is 18.6. The molecule has 2 aromatic carbocycles. The summed E-state index contributed by atoms with van der Waals surface area (Å²) in [4.78, 5) is 15.6. The summed E-state index contributed by atoms with van der Waals surface area (Å²) >= 11 is 1.85. The van der Waals surface area contributed by atoms with Gasteiger partial charge in [0, 0.05) is 31.0 Å². The second-order valence-corrected chi connectivity index (χ2v) is 10.3. The molecule has 2 aliphatic rings. The van der Waals surface area contributed by atoms with Gasteiger partial charge in [-0.2, -0.15) is 20.2 Å². The van der Waals surface area contributed by atoms with Crippen LogP contribution in [-0.4, -0.2) is 56.3 Å². The number of cyclic esters (lactones) is 1. The summed E-state index contributed by atoms with van der Waals surface area (Å²) in [6, 6.07) is 9.07. The number of benzene rings is 2. The Bertz CT molecular complexity index is 1100. The number of rotatable bonds is 5. The lowest BCUT2D eigenvalue weighted by Gasteiger charge is -2.29. The molecule has 0 bridgehead atoms. The summed E-state index contributed by atoms with van der Waals surface area (Å²) in [5, 5.41) is 0. The van der Waals surface area contributed by atoms with Gasteiger partial charge in [-0.15, -0.1) is 0 Å². The first-order chi connectivity index (χ1) is 14.7. The fourth-order valence-corrected chi connectivity index (χ4v) is 5.27. The first-order valence-corrected chi connectivity index (χ1v) is 12.5. The standard InChI is InChI=1S/C21H23FN2O5S2/c1-14-2-4-18(31(26,27)28)11-15(14)10-17-13-24(21(25)29-17)16-3-5-20(19(22)12-16)23-6-8-30-9-7-23/h2-5,11-12,17H,6-10,13H2,1H3,(H,26,27,28)/t17-/m1/s1. The molecule has 7 nitrogen and oxygen atoms in total. The highest BCUT2D eigenvalue weighted by Crippen LogP contribution is 2.30. The normalized spacial score (nSPS) is 19.6. The minimum atomic E-state index is -4.32. The van der Waals surface area contributed by atoms with Crippen molar-refractivity contribution in [3.63, 3.8) is 0 Å². The van der Waals surface area contributed by atoms with E-state index in [1.54, 1.807) is 18.2 Å². The summed E-state index contributed by atoms with van der Waals surface area (Å²) in [6.45, 7) is 3.60. The largest absolute Gasteiger partial charge is 0.444 e. The number of carbonyl (C=O) groups excluding carboxylic acids is 1. The SMILES string of the molecule is Cc1ccc(S(=O)(=O)O)cc1C[C@@H]1CN(c2ccc(N3CCSCC3)c(F)c2)C(=O)O1. The van der Waals surface area contributed by atoms with Gasteiger partial charge < -0.3 is 9.64 Å². The number of carbonyl (C=O) groups is 1. The van der Waals surface area contributed by atoms with Crippen LogP contribution in [0.3, 0.4) is 0 Å². The van der Waals surface area contributed by atoms with Crippen LogP contribution in [0.15, 0.2) is 41.3 Å². The highest BCUT2D eigenvalue weighted by molar-refractivity contribution is 7.99. The van der Waals surface area contributed by atoms with Crippen molar-refractivity contribution >= 4 is 39.3 Å². The van der Waals surface area contributed by atoms with Crippen LogP contribution in [-0.2, 0) is 21.3 Å². The van der Waals surface area contributed by atoms with E-state index >= 15 is 0 Å². The molecule has 1 N–H and O–H groups in total. The maximum Gasteiger partial charge on any atom is 0.414 e. The number of thioether (sulfide) groups is 1. The van der Waals surface area contributed by atoms with Crippen LogP contribution in [0.25, 0.3) is 0 Å². The van der Waals surface area contributed by atoms with E-state index in [9.17, 15) is 22.2 Å². The van der Waals surface area contributed by atoms with Gasteiger partial charge in [0.1, 0.15) is 11.9 Å². The molecular weight excluding hydrogens is 443 g/mol. The van der Waals surface area contributed by atoms with Crippen LogP contribution in [0.5, 0.6) is 0 Å². The van der Waals surface area contributed by atoms with Crippen LogP contribution in [0.1, 0.15) is 11.1 Å². The van der Waals surface area contributed by atoms with Gasteiger partial charge in [-0.25, -0.2) is 9.18 Å². The Morgan fingerprint density at radius 1 is 1.19 bits per heavy atom. The fraction of sp³-hybridized carbons (Fsp3) is 0.381. The summed E-state index contributed by atoms with van der Waals surface area (Å²) in [5.74, 6) is 1.54. The van der Waals surface area contributed by atoms with Crippen LogP contribution in [0.4, 0.5) is 20.6 Å². The Hall–Kier alpha value is -2.30. The average Bonchev–Trinajstić information content (AvgIpc) is 3.09. The number of halogens is 1. The third-order valence-electron chi connectivity index (χ3n) is 5.53. The summed E-state index contributed by atoms with van der Waals surface area (Å²) in [6.07, 6.45) is -0.816. The molecule has 0 aromatic heterocycles. The number of aryl methyl sites for hydroxylation is 1. The van der Waals surface area contributed by atoms with Gasteiger partial charge in [0.15, 0.2) is 0 Å². The van der Waals surface area contributed by atoms with Crippen molar-refractivity contribution < 1.29 is 26.9 Å². The topological polar surface area (TPSA) is 87.2 Å². The zero-order valence-electron chi connectivity index (χ0n) is 17.0. The van der Waals surface area contributed by atoms with E-state index in [4.69, 9.17) is 4.74 Å². The first kappa shape index (κ1) is 21.9. The van der Waals surface area contributed by atoms with Crippen LogP contribution < -0.4 is 9.80 Å². The van der Waals surface area contributed by atoms with E-state index < -0.39 is 22.3 Å². The third kappa shape index (κ3) is 4.81. The van der Waals surface area contributed by atoms with Crippen LogP contribution in [0.2, 0.25) is 0 Å². The van der Waals surface area contributed by atoms with Gasteiger partial charge in [0.2, 0.25) is 0 Å². The van der Waals surface area contributed by atoms with E-state index in [2.05, 4.69) is 0 Å². The Kier molecular flexibility index (Phi) is 6.14. The zero-order chi connectivity index (χ0) is 22.2. The second kappa shape index (κ2) is 8.68. The van der Waals surface area contributed by atoms with Crippen molar-refractivity contribution in [1.82, 2.24) is 0 Å². The number of anilines is 2. The van der Waals surface area contributed by atoms with Crippen molar-refractivity contribution in [3.8, 4) is 0 Å². The molecule has 166 valence electrons. The highest BCUT2D eigenvalue weighted by atomic mass is 32.2. The molecule has 4 rings (SSSR count). The van der Waals surface area contributed by atoms with Crippen molar-refractivity contribution in [3.05, 3.63) is 53.3 Å². The number of amides is 1. The highest BCUT2D eigenvalue weighted by Gasteiger charge is 2.33. The Balaban J connectivity index is 1.49. The van der Waals surface area contributed by atoms with Crippen molar-refractivity contribution in [2.45, 2.75) is 24.3 Å². The molecule has 0 radical (unpaired) electrons. The smallest absolute Gasteiger partial charge is 0.414 e. The quantitative estimate of drug-likeness (QED) is 0.675. The Morgan fingerprint density at radius 2 is 1.94 bits per heavy atom. The molecule has 0 spiro atoms. The molecule has 2 saturated heterocycles. The van der Waals surface area contributed by atoms with Gasteiger partial charge in [0.05, 0.1) is 22.8 Å². The predicted octanol–water partition coefficient (Wildman–Crippen LogP) is 3.50. The fourth-order valence-electron chi connectivity index (χ4n) is 3.84. The number of hydrogen-bond donors (Lipinski definition) is 1. The van der Waals surface area contributed by atoms with Crippen LogP contribution in [0, 0.1) is 12.7 Å². The Morgan fingerprint density at radius 3 is 2.61 bits per heavy atom. The van der Waals surface area contributed by atoms with Gasteiger partial charge in [-0.1, -0.05) is 6.07 Å². The minimum Gasteiger partial charge on any atom is -0.444 e. The monoisotopic (exact) mass is 466 g/mol. The molecule has 31 heavy (non-hydrogen) atoms. The first-order valence-electron chi connectivity index (χ1n) is 9.90. The lowest BCUT2D eigenvalue weighted by Crippen LogP contribution is -2.33. The lowest BCUT2D eigenvalue weighted by atomic mass is 10.0. The van der Waals surface area contributed by atoms with Crippen molar-refractivity contribution in [2.75, 3.05) is 40.9 Å². The summed E-state index contributed by atoms with van der Waals surface area (Å²) in [7, 11) is -4.32. The molecule has 1 amide bonds. The molecule has 2 aliphatic heterocycles. The van der Waals surface area contributed by atoms with Crippen molar-refractivity contribution in [2.24, 2.45) is 0 Å². The van der Waals surface area contributed by atoms with Crippen molar-refractivity contribution in [1.29, 1.82) is 0 Å². The Labute approximate surface area is 184 Å². The summed E-state index contributed by atoms with van der Waals surface area (Å²) in [5.41, 5.74) is 2.42. The molecule has 0 aliphatic carbocycles. The van der Waals surface area contributed by atoms with E-state index in [0.717, 1.165) is 30.2 Å². The molecule has 0 saturated carbocycles. The van der Waals surface area contributed by atoms with E-state index in [1.165, 1.54) is 23.1 Å². The lowest BCUT2D eigenvalue weighted by molar-refractivity contribution is 0.141.